The van der Waals surface area contributed by atoms with Crippen molar-refractivity contribution in [1.82, 2.24) is 15.4 Å². The number of aromatic nitrogens is 2. The standard InChI is InChI=1S/C16H17N5OS2/c17-20-15(22)10-9-11(12-5-4-8-23-12)18-14-13(10)24-16(19-14)21-6-2-1-3-7-21/h4-5,8-9H,1-3,6-7,17H2,(H,20,22). The van der Waals surface area contributed by atoms with E-state index in [9.17, 15) is 4.79 Å². The molecule has 1 saturated heterocycles. The zero-order valence-electron chi connectivity index (χ0n) is 13.0. The van der Waals surface area contributed by atoms with E-state index in [1.54, 1.807) is 17.4 Å². The molecule has 0 radical (unpaired) electrons. The number of nitrogen functional groups attached to an aromatic ring is 1. The van der Waals surface area contributed by atoms with Crippen molar-refractivity contribution in [3.05, 3.63) is 29.1 Å². The third-order valence-electron chi connectivity index (χ3n) is 4.13. The summed E-state index contributed by atoms with van der Waals surface area (Å²) in [7, 11) is 0. The van der Waals surface area contributed by atoms with Crippen LogP contribution in [0.4, 0.5) is 5.13 Å². The Morgan fingerprint density at radius 3 is 2.79 bits per heavy atom. The molecule has 3 N–H and O–H groups in total. The average molecular weight is 359 g/mol. The Morgan fingerprint density at radius 1 is 1.25 bits per heavy atom. The van der Waals surface area contributed by atoms with Crippen molar-refractivity contribution in [3.8, 4) is 10.6 Å². The number of amides is 1. The SMILES string of the molecule is NNC(=O)c1cc(-c2cccs2)nc2nc(N3CCCCC3)sc12. The van der Waals surface area contributed by atoms with Gasteiger partial charge in [-0.15, -0.1) is 11.3 Å². The van der Waals surface area contributed by atoms with E-state index in [1.165, 1.54) is 30.6 Å². The van der Waals surface area contributed by atoms with Crippen LogP contribution in [0.2, 0.25) is 0 Å². The summed E-state index contributed by atoms with van der Waals surface area (Å²) >= 11 is 3.11. The maximum Gasteiger partial charge on any atom is 0.266 e. The van der Waals surface area contributed by atoms with Crippen molar-refractivity contribution in [1.29, 1.82) is 0 Å². The number of nitrogens with one attached hydrogen (secondary N) is 1. The van der Waals surface area contributed by atoms with Crippen LogP contribution >= 0.6 is 22.7 Å². The van der Waals surface area contributed by atoms with Gasteiger partial charge in [0.25, 0.3) is 5.91 Å². The highest BCUT2D eigenvalue weighted by Crippen LogP contribution is 2.34. The minimum Gasteiger partial charge on any atom is -0.348 e. The Hall–Kier alpha value is -2.03. The topological polar surface area (TPSA) is 84.1 Å². The van der Waals surface area contributed by atoms with Crippen molar-refractivity contribution < 1.29 is 4.79 Å². The molecule has 3 aromatic rings. The number of hydrazine groups is 1. The van der Waals surface area contributed by atoms with Crippen molar-refractivity contribution in [3.63, 3.8) is 0 Å². The number of pyridine rings is 1. The summed E-state index contributed by atoms with van der Waals surface area (Å²) in [5, 5.41) is 2.93. The molecule has 1 amide bonds. The lowest BCUT2D eigenvalue weighted by molar-refractivity contribution is 0.0955. The fourth-order valence-corrected chi connectivity index (χ4v) is 4.68. The van der Waals surface area contributed by atoms with Gasteiger partial charge in [-0.2, -0.15) is 4.98 Å². The second-order valence-corrected chi connectivity index (χ2v) is 7.63. The number of hydrogen-bond donors (Lipinski definition) is 2. The molecule has 0 unspecified atom stereocenters. The Labute approximate surface area is 147 Å². The summed E-state index contributed by atoms with van der Waals surface area (Å²) < 4.78 is 0.791. The van der Waals surface area contributed by atoms with Crippen LogP contribution in [0.5, 0.6) is 0 Å². The van der Waals surface area contributed by atoms with Gasteiger partial charge in [-0.25, -0.2) is 10.8 Å². The third kappa shape index (κ3) is 2.77. The maximum absolute atomic E-state index is 12.2. The summed E-state index contributed by atoms with van der Waals surface area (Å²) in [6.07, 6.45) is 3.63. The van der Waals surface area contributed by atoms with Crippen LogP contribution in [0.15, 0.2) is 23.6 Å². The largest absolute Gasteiger partial charge is 0.348 e. The lowest BCUT2D eigenvalue weighted by Gasteiger charge is -2.25. The molecule has 1 aliphatic heterocycles. The number of fused-ring (bicyclic) bond motifs is 1. The first-order valence-electron chi connectivity index (χ1n) is 7.87. The number of anilines is 1. The quantitative estimate of drug-likeness (QED) is 0.427. The molecular weight excluding hydrogens is 342 g/mol. The molecule has 1 aliphatic rings. The number of piperidine rings is 1. The van der Waals surface area contributed by atoms with Gasteiger partial charge in [-0.3, -0.25) is 10.2 Å². The maximum atomic E-state index is 12.2. The van der Waals surface area contributed by atoms with Gasteiger partial charge in [0, 0.05) is 13.1 Å². The van der Waals surface area contributed by atoms with Gasteiger partial charge in [-0.1, -0.05) is 17.4 Å². The number of hydrogen-bond acceptors (Lipinski definition) is 7. The van der Waals surface area contributed by atoms with Crippen molar-refractivity contribution in [2.24, 2.45) is 5.84 Å². The molecule has 24 heavy (non-hydrogen) atoms. The highest BCUT2D eigenvalue weighted by molar-refractivity contribution is 7.22. The molecule has 0 bridgehead atoms. The number of carbonyl (C=O) groups is 1. The third-order valence-corrected chi connectivity index (χ3v) is 6.16. The van der Waals surface area contributed by atoms with E-state index in [-0.39, 0.29) is 5.91 Å². The van der Waals surface area contributed by atoms with Gasteiger partial charge in [0.2, 0.25) is 0 Å². The van der Waals surface area contributed by atoms with Gasteiger partial charge in [0.1, 0.15) is 0 Å². The highest BCUT2D eigenvalue weighted by atomic mass is 32.1. The second-order valence-electron chi connectivity index (χ2n) is 5.70. The predicted molar refractivity (Wildman–Crippen MR) is 98.4 cm³/mol. The Morgan fingerprint density at radius 2 is 2.08 bits per heavy atom. The van der Waals surface area contributed by atoms with Gasteiger partial charge in [0.15, 0.2) is 10.8 Å². The predicted octanol–water partition coefficient (Wildman–Crippen LogP) is 3.01. The molecule has 3 aromatic heterocycles. The smallest absolute Gasteiger partial charge is 0.266 e. The zero-order chi connectivity index (χ0) is 16.5. The van der Waals surface area contributed by atoms with Crippen LogP contribution in [0.1, 0.15) is 29.6 Å². The van der Waals surface area contributed by atoms with E-state index in [2.05, 4.69) is 15.3 Å². The summed E-state index contributed by atoms with van der Waals surface area (Å²) in [5.41, 5.74) is 4.14. The van der Waals surface area contributed by atoms with Crippen molar-refractivity contribution in [2.75, 3.05) is 18.0 Å². The van der Waals surface area contributed by atoms with E-state index < -0.39 is 0 Å². The van der Waals surface area contributed by atoms with E-state index >= 15 is 0 Å². The first-order valence-corrected chi connectivity index (χ1v) is 9.57. The Balaban J connectivity index is 1.85. The van der Waals surface area contributed by atoms with Gasteiger partial charge in [-0.05, 0) is 36.8 Å². The van der Waals surface area contributed by atoms with Crippen LogP contribution in [0.3, 0.4) is 0 Å². The first kappa shape index (κ1) is 15.5. The normalized spacial score (nSPS) is 15.0. The second kappa shape index (κ2) is 6.46. The fourth-order valence-electron chi connectivity index (χ4n) is 2.92. The number of thiazole rings is 1. The minimum absolute atomic E-state index is 0.311. The average Bonchev–Trinajstić information content (AvgIpc) is 3.30. The monoisotopic (exact) mass is 359 g/mol. The number of nitrogens with two attached hydrogens (primary N) is 1. The van der Waals surface area contributed by atoms with Crippen molar-refractivity contribution in [2.45, 2.75) is 19.3 Å². The molecule has 4 heterocycles. The van der Waals surface area contributed by atoms with Crippen LogP contribution in [0, 0.1) is 0 Å². The van der Waals surface area contributed by atoms with E-state index in [0.717, 1.165) is 33.5 Å². The van der Waals surface area contributed by atoms with Crippen LogP contribution in [-0.2, 0) is 0 Å². The van der Waals surface area contributed by atoms with E-state index in [4.69, 9.17) is 10.8 Å². The summed E-state index contributed by atoms with van der Waals surface area (Å²) in [6, 6.07) is 5.75. The molecule has 4 rings (SSSR count). The zero-order valence-corrected chi connectivity index (χ0v) is 14.6. The van der Waals surface area contributed by atoms with Crippen LogP contribution < -0.4 is 16.2 Å². The number of thiophene rings is 1. The van der Waals surface area contributed by atoms with Crippen LogP contribution in [0.25, 0.3) is 20.9 Å². The van der Waals surface area contributed by atoms with Crippen molar-refractivity contribution >= 4 is 44.1 Å². The molecule has 0 aliphatic carbocycles. The molecule has 6 nitrogen and oxygen atoms in total. The molecule has 124 valence electrons. The molecule has 0 atom stereocenters. The first-order chi connectivity index (χ1) is 11.8. The molecule has 8 heteroatoms. The number of rotatable bonds is 3. The Bertz CT molecular complexity index is 868. The Kier molecular flexibility index (Phi) is 4.17. The summed E-state index contributed by atoms with van der Waals surface area (Å²) in [5.74, 6) is 5.06. The molecule has 0 spiro atoms. The van der Waals surface area contributed by atoms with Gasteiger partial charge in [0.05, 0.1) is 20.8 Å². The number of nitrogens with zero attached hydrogens (tertiary/aromatic N) is 3. The van der Waals surface area contributed by atoms with E-state index in [0.29, 0.717) is 11.2 Å². The summed E-state index contributed by atoms with van der Waals surface area (Å²) in [6.45, 7) is 2.02. The fraction of sp³-hybridized carbons (Fsp3) is 0.312. The van der Waals surface area contributed by atoms with Gasteiger partial charge < -0.3 is 4.90 Å². The van der Waals surface area contributed by atoms with Crippen LogP contribution in [-0.4, -0.2) is 29.0 Å². The molecule has 1 fully saturated rings. The molecule has 0 saturated carbocycles. The lowest BCUT2D eigenvalue weighted by atomic mass is 10.1. The lowest BCUT2D eigenvalue weighted by Crippen LogP contribution is -2.30. The van der Waals surface area contributed by atoms with E-state index in [1.807, 2.05) is 17.5 Å². The molecule has 0 aromatic carbocycles. The minimum atomic E-state index is -0.311. The molecular formula is C16H17N5OS2. The highest BCUT2D eigenvalue weighted by Gasteiger charge is 2.21. The summed E-state index contributed by atoms with van der Waals surface area (Å²) in [4.78, 5) is 24.9. The number of carbonyl (C=O) groups excluding carboxylic acids is 1. The van der Waals surface area contributed by atoms with Gasteiger partial charge >= 0.3 is 0 Å².